The molecule has 4 nitrogen and oxygen atoms in total. The van der Waals surface area contributed by atoms with Crippen LogP contribution in [0, 0.1) is 6.57 Å². The van der Waals surface area contributed by atoms with Gasteiger partial charge in [-0.15, -0.1) is 0 Å². The van der Waals surface area contributed by atoms with Crippen LogP contribution in [-0.4, -0.2) is 23.7 Å². The second kappa shape index (κ2) is 5.78. The Morgan fingerprint density at radius 2 is 2.13 bits per heavy atom. The lowest BCUT2D eigenvalue weighted by atomic mass is 10.2. The molecule has 15 heavy (non-hydrogen) atoms. The van der Waals surface area contributed by atoms with Crippen LogP contribution < -0.4 is 0 Å². The van der Waals surface area contributed by atoms with E-state index in [9.17, 15) is 4.79 Å². The monoisotopic (exact) mass is 205 g/mol. The van der Waals surface area contributed by atoms with Gasteiger partial charge in [0.2, 0.25) is 0 Å². The Balaban J connectivity index is 2.45. The zero-order valence-corrected chi connectivity index (χ0v) is 8.09. The normalized spacial score (nSPS) is 11.5. The lowest BCUT2D eigenvalue weighted by molar-refractivity contribution is -0.146. The molecule has 0 saturated heterocycles. The molecule has 4 heteroatoms. The minimum atomic E-state index is -1.10. The average Bonchev–Trinajstić information content (AvgIpc) is 2.29. The van der Waals surface area contributed by atoms with Gasteiger partial charge in [0.15, 0.2) is 0 Å². The standard InChI is InChI=1S/C11H11NO3/c1-12-10(7-13)11(14)15-8-9-5-3-2-4-6-9/h2-6,10,13H,7-8H2. The number of carbonyl (C=O) groups is 1. The number of ether oxygens (including phenoxy) is 1. The molecule has 78 valence electrons. The van der Waals surface area contributed by atoms with Crippen LogP contribution in [0.3, 0.4) is 0 Å². The SMILES string of the molecule is [C-]#[N+]C(CO)C(=O)OCc1ccccc1. The van der Waals surface area contributed by atoms with Gasteiger partial charge in [0.25, 0.3) is 0 Å². The molecule has 1 N–H and O–H groups in total. The van der Waals surface area contributed by atoms with E-state index in [-0.39, 0.29) is 6.61 Å². The fourth-order valence-electron chi connectivity index (χ4n) is 0.993. The summed E-state index contributed by atoms with van der Waals surface area (Å²) in [4.78, 5) is 14.1. The summed E-state index contributed by atoms with van der Waals surface area (Å²) in [6, 6.07) is 8.07. The van der Waals surface area contributed by atoms with Gasteiger partial charge in [-0.3, -0.25) is 4.85 Å². The van der Waals surface area contributed by atoms with E-state index in [4.69, 9.17) is 16.4 Å². The first-order valence-electron chi connectivity index (χ1n) is 4.46. The van der Waals surface area contributed by atoms with E-state index < -0.39 is 18.6 Å². The fraction of sp³-hybridized carbons (Fsp3) is 0.273. The van der Waals surface area contributed by atoms with Crippen molar-refractivity contribution < 1.29 is 14.6 Å². The van der Waals surface area contributed by atoms with Crippen LogP contribution in [-0.2, 0) is 16.1 Å². The summed E-state index contributed by atoms with van der Waals surface area (Å²) in [5, 5.41) is 8.68. The van der Waals surface area contributed by atoms with Crippen molar-refractivity contribution in [3.8, 4) is 0 Å². The van der Waals surface area contributed by atoms with Crippen molar-refractivity contribution in [2.45, 2.75) is 12.6 Å². The highest BCUT2D eigenvalue weighted by Crippen LogP contribution is 2.02. The van der Waals surface area contributed by atoms with E-state index >= 15 is 0 Å². The number of nitrogens with zero attached hydrogens (tertiary/aromatic N) is 1. The number of aliphatic hydroxyl groups is 1. The minimum absolute atomic E-state index is 0.131. The molecule has 0 radical (unpaired) electrons. The molecule has 1 aromatic rings. The van der Waals surface area contributed by atoms with Crippen LogP contribution in [0.1, 0.15) is 5.56 Å². The Labute approximate surface area is 87.9 Å². The number of hydrogen-bond donors (Lipinski definition) is 1. The summed E-state index contributed by atoms with van der Waals surface area (Å²) in [6.07, 6.45) is 0. The summed E-state index contributed by atoms with van der Waals surface area (Å²) in [5.74, 6) is -0.684. The summed E-state index contributed by atoms with van der Waals surface area (Å²) in [7, 11) is 0. The molecule has 1 unspecified atom stereocenters. The van der Waals surface area contributed by atoms with Crippen LogP contribution in [0.25, 0.3) is 4.85 Å². The third-order valence-corrected chi connectivity index (χ3v) is 1.82. The number of benzene rings is 1. The van der Waals surface area contributed by atoms with Crippen LogP contribution in [0.4, 0.5) is 0 Å². The molecule has 0 saturated carbocycles. The van der Waals surface area contributed by atoms with Gasteiger partial charge < -0.3 is 9.84 Å². The molecule has 0 aromatic heterocycles. The van der Waals surface area contributed by atoms with E-state index in [1.807, 2.05) is 30.3 Å². The Hall–Kier alpha value is -1.86. The quantitative estimate of drug-likeness (QED) is 0.589. The van der Waals surface area contributed by atoms with Crippen LogP contribution in [0.15, 0.2) is 30.3 Å². The van der Waals surface area contributed by atoms with E-state index in [0.717, 1.165) is 5.56 Å². The Kier molecular flexibility index (Phi) is 4.32. The average molecular weight is 205 g/mol. The maximum absolute atomic E-state index is 11.2. The van der Waals surface area contributed by atoms with Crippen molar-refractivity contribution in [3.05, 3.63) is 47.3 Å². The Morgan fingerprint density at radius 1 is 1.47 bits per heavy atom. The molecule has 0 aliphatic heterocycles. The lowest BCUT2D eigenvalue weighted by Crippen LogP contribution is -2.23. The minimum Gasteiger partial charge on any atom is -0.455 e. The molecule has 1 aromatic carbocycles. The van der Waals surface area contributed by atoms with Gasteiger partial charge in [-0.25, -0.2) is 11.4 Å². The first-order chi connectivity index (χ1) is 7.27. The Bertz CT molecular complexity index is 356. The van der Waals surface area contributed by atoms with Gasteiger partial charge in [-0.05, 0) is 5.56 Å². The van der Waals surface area contributed by atoms with Gasteiger partial charge >= 0.3 is 12.0 Å². The zero-order valence-electron chi connectivity index (χ0n) is 8.09. The van der Waals surface area contributed by atoms with Gasteiger partial charge in [0.05, 0.1) is 0 Å². The maximum Gasteiger partial charge on any atom is 0.393 e. The number of carbonyl (C=O) groups excluding carboxylic acids is 1. The highest BCUT2D eigenvalue weighted by atomic mass is 16.5. The number of hydrogen-bond acceptors (Lipinski definition) is 3. The van der Waals surface area contributed by atoms with Crippen molar-refractivity contribution in [2.75, 3.05) is 6.61 Å². The van der Waals surface area contributed by atoms with E-state index in [1.165, 1.54) is 0 Å². The number of esters is 1. The van der Waals surface area contributed by atoms with Crippen LogP contribution in [0.2, 0.25) is 0 Å². The van der Waals surface area contributed by atoms with Gasteiger partial charge in [0.1, 0.15) is 13.2 Å². The molecule has 0 fully saturated rings. The second-order valence-electron chi connectivity index (χ2n) is 2.92. The zero-order chi connectivity index (χ0) is 11.1. The largest absolute Gasteiger partial charge is 0.455 e. The van der Waals surface area contributed by atoms with Crippen molar-refractivity contribution in [3.63, 3.8) is 0 Å². The van der Waals surface area contributed by atoms with Gasteiger partial charge in [-0.2, -0.15) is 0 Å². The van der Waals surface area contributed by atoms with Gasteiger partial charge in [0, 0.05) is 0 Å². The predicted molar refractivity (Wildman–Crippen MR) is 53.7 cm³/mol. The molecule has 0 spiro atoms. The molecule has 0 amide bonds. The van der Waals surface area contributed by atoms with Crippen molar-refractivity contribution in [2.24, 2.45) is 0 Å². The predicted octanol–water partition coefficient (Wildman–Crippen LogP) is 1.01. The van der Waals surface area contributed by atoms with Crippen molar-refractivity contribution in [1.29, 1.82) is 0 Å². The fourth-order valence-corrected chi connectivity index (χ4v) is 0.993. The summed E-state index contributed by atoms with van der Waals surface area (Å²) in [6.45, 7) is 6.27. The Morgan fingerprint density at radius 3 is 2.67 bits per heavy atom. The van der Waals surface area contributed by atoms with Crippen LogP contribution >= 0.6 is 0 Å². The highest BCUT2D eigenvalue weighted by molar-refractivity contribution is 5.77. The molecule has 0 aliphatic rings. The second-order valence-corrected chi connectivity index (χ2v) is 2.92. The smallest absolute Gasteiger partial charge is 0.393 e. The van der Waals surface area contributed by atoms with E-state index in [1.54, 1.807) is 0 Å². The molecular weight excluding hydrogens is 194 g/mol. The molecule has 1 rings (SSSR count). The van der Waals surface area contributed by atoms with E-state index in [2.05, 4.69) is 4.85 Å². The molecular formula is C11H11NO3. The summed E-state index contributed by atoms with van der Waals surface area (Å²) < 4.78 is 4.86. The van der Waals surface area contributed by atoms with Gasteiger partial charge in [-0.1, -0.05) is 30.3 Å². The summed E-state index contributed by atoms with van der Waals surface area (Å²) >= 11 is 0. The van der Waals surface area contributed by atoms with Crippen LogP contribution in [0.5, 0.6) is 0 Å². The molecule has 0 heterocycles. The lowest BCUT2D eigenvalue weighted by Gasteiger charge is -2.04. The van der Waals surface area contributed by atoms with E-state index in [0.29, 0.717) is 0 Å². The third kappa shape index (κ3) is 3.41. The molecule has 0 bridgehead atoms. The highest BCUT2D eigenvalue weighted by Gasteiger charge is 2.23. The first-order valence-corrected chi connectivity index (χ1v) is 4.46. The maximum atomic E-state index is 11.2. The topological polar surface area (TPSA) is 50.9 Å². The first kappa shape index (κ1) is 11.2. The molecule has 1 atom stereocenters. The molecule has 0 aliphatic carbocycles. The number of rotatable bonds is 4. The number of aliphatic hydroxyl groups excluding tert-OH is 1. The van der Waals surface area contributed by atoms with Crippen molar-refractivity contribution in [1.82, 2.24) is 0 Å². The summed E-state index contributed by atoms with van der Waals surface area (Å²) in [5.41, 5.74) is 0.854. The van der Waals surface area contributed by atoms with Crippen molar-refractivity contribution >= 4 is 5.97 Å². The third-order valence-electron chi connectivity index (χ3n) is 1.82.